The van der Waals surface area contributed by atoms with Crippen LogP contribution < -0.4 is 10.0 Å². The topological polar surface area (TPSA) is 133 Å². The summed E-state index contributed by atoms with van der Waals surface area (Å²) in [5, 5.41) is 2.74. The first-order chi connectivity index (χ1) is 18.4. The van der Waals surface area contributed by atoms with Crippen LogP contribution in [0.5, 0.6) is 0 Å². The molecule has 0 aromatic heterocycles. The molecule has 0 aliphatic heterocycles. The van der Waals surface area contributed by atoms with Gasteiger partial charge in [0.2, 0.25) is 15.9 Å². The lowest BCUT2D eigenvalue weighted by molar-refractivity contribution is -0.122. The number of unbranched alkanes of at least 4 members (excludes halogenated alkanes) is 1. The number of hydrogen-bond donors (Lipinski definition) is 4. The van der Waals surface area contributed by atoms with Crippen LogP contribution in [-0.2, 0) is 43.6 Å². The molecule has 8 nitrogen and oxygen atoms in total. The highest BCUT2D eigenvalue weighted by Gasteiger charge is 2.50. The molecule has 39 heavy (non-hydrogen) atoms. The number of carbonyl (C=O) groups excluding carboxylic acids is 1. The van der Waals surface area contributed by atoms with Crippen molar-refractivity contribution < 1.29 is 36.3 Å². The van der Waals surface area contributed by atoms with Gasteiger partial charge in [0.1, 0.15) is 6.04 Å². The number of halogens is 2. The molecular formula is C27H31F2N2O6PS. The number of nitrogens with one attached hydrogen (secondary N) is 2. The molecule has 1 amide bonds. The van der Waals surface area contributed by atoms with E-state index >= 15 is 0 Å². The molecular weight excluding hydrogens is 549 g/mol. The van der Waals surface area contributed by atoms with Crippen LogP contribution in [0.15, 0.2) is 84.9 Å². The maximum Gasteiger partial charge on any atom is 0.399 e. The lowest BCUT2D eigenvalue weighted by Crippen LogP contribution is -2.48. The number of carbonyl (C=O) groups is 1. The van der Waals surface area contributed by atoms with Crippen molar-refractivity contribution in [3.63, 3.8) is 0 Å². The third-order valence-corrected chi connectivity index (χ3v) is 8.33. The SMILES string of the molecule is O=C(NCCCCc1ccccc1)[C@H](Cc1ccc(C(F)(F)P(=O)(O)O)cc1)NS(=O)(=O)Cc1ccccc1. The van der Waals surface area contributed by atoms with Gasteiger partial charge >= 0.3 is 13.3 Å². The summed E-state index contributed by atoms with van der Waals surface area (Å²) in [6, 6.07) is 21.1. The Labute approximate surface area is 226 Å². The summed E-state index contributed by atoms with van der Waals surface area (Å²) in [5.41, 5.74) is -3.24. The molecule has 12 heteroatoms. The molecule has 0 unspecified atom stereocenters. The third-order valence-electron chi connectivity index (χ3n) is 5.98. The standard InChI is InChI=1S/C27H31F2N2O6PS/c28-27(29,38(33,34)35)24-16-14-22(15-17-24)19-25(31-39(36,37)20-23-12-5-2-6-13-23)26(32)30-18-8-7-11-21-9-3-1-4-10-21/h1-6,9-10,12-17,25,31H,7-8,11,18-20H2,(H,30,32)(H2,33,34,35)/t25-/m0/s1. The molecule has 0 heterocycles. The van der Waals surface area contributed by atoms with E-state index in [9.17, 15) is 26.6 Å². The Morgan fingerprint density at radius 1 is 0.846 bits per heavy atom. The van der Waals surface area contributed by atoms with Gasteiger partial charge in [-0.2, -0.15) is 8.78 Å². The molecule has 0 saturated heterocycles. The average molecular weight is 581 g/mol. The summed E-state index contributed by atoms with van der Waals surface area (Å²) in [6.45, 7) is 0.316. The fourth-order valence-electron chi connectivity index (χ4n) is 3.92. The van der Waals surface area contributed by atoms with Crippen molar-refractivity contribution in [3.05, 3.63) is 107 Å². The van der Waals surface area contributed by atoms with Crippen LogP contribution in [0, 0.1) is 0 Å². The second-order valence-corrected chi connectivity index (χ2v) is 12.5. The zero-order valence-electron chi connectivity index (χ0n) is 21.0. The Kier molecular flexibility index (Phi) is 10.5. The first-order valence-electron chi connectivity index (χ1n) is 12.3. The zero-order chi connectivity index (χ0) is 28.5. The Hall–Kier alpha value is -2.95. The second kappa shape index (κ2) is 13.4. The molecule has 3 aromatic carbocycles. The van der Waals surface area contributed by atoms with Gasteiger partial charge in [0, 0.05) is 12.1 Å². The summed E-state index contributed by atoms with van der Waals surface area (Å²) in [7, 11) is -9.69. The van der Waals surface area contributed by atoms with E-state index in [1.54, 1.807) is 30.3 Å². The molecule has 4 N–H and O–H groups in total. The van der Waals surface area contributed by atoms with E-state index in [0.717, 1.165) is 25.0 Å². The minimum atomic E-state index is -5.74. The Morgan fingerprint density at radius 2 is 1.41 bits per heavy atom. The third kappa shape index (κ3) is 9.33. The fraction of sp³-hybridized carbons (Fsp3) is 0.296. The van der Waals surface area contributed by atoms with Crippen molar-refractivity contribution in [1.82, 2.24) is 10.0 Å². The number of aryl methyl sites for hydroxylation is 1. The average Bonchev–Trinajstić information content (AvgIpc) is 2.88. The van der Waals surface area contributed by atoms with Crippen molar-refractivity contribution in [2.45, 2.75) is 43.1 Å². The van der Waals surface area contributed by atoms with Crippen molar-refractivity contribution in [2.75, 3.05) is 6.54 Å². The lowest BCUT2D eigenvalue weighted by atomic mass is 10.0. The fourth-order valence-corrected chi connectivity index (χ4v) is 5.74. The zero-order valence-corrected chi connectivity index (χ0v) is 22.8. The van der Waals surface area contributed by atoms with Gasteiger partial charge in [0.05, 0.1) is 5.75 Å². The van der Waals surface area contributed by atoms with Crippen molar-refractivity contribution in [3.8, 4) is 0 Å². The molecule has 210 valence electrons. The molecule has 1 atom stereocenters. The molecule has 3 aromatic rings. The van der Waals surface area contributed by atoms with Gasteiger partial charge in [-0.25, -0.2) is 13.1 Å². The Morgan fingerprint density at radius 3 is 1.97 bits per heavy atom. The van der Waals surface area contributed by atoms with Gasteiger partial charge in [-0.1, -0.05) is 84.9 Å². The van der Waals surface area contributed by atoms with E-state index in [4.69, 9.17) is 9.79 Å². The maximum absolute atomic E-state index is 14.0. The van der Waals surface area contributed by atoms with E-state index in [1.165, 1.54) is 17.7 Å². The van der Waals surface area contributed by atoms with Crippen LogP contribution in [0.3, 0.4) is 0 Å². The Balaban J connectivity index is 1.68. The molecule has 0 bridgehead atoms. The van der Waals surface area contributed by atoms with Gasteiger partial charge in [-0.15, -0.1) is 0 Å². The monoisotopic (exact) mass is 580 g/mol. The van der Waals surface area contributed by atoms with E-state index in [2.05, 4.69) is 10.0 Å². The summed E-state index contributed by atoms with van der Waals surface area (Å²) in [4.78, 5) is 30.9. The van der Waals surface area contributed by atoms with Gasteiger partial charge < -0.3 is 15.1 Å². The quantitative estimate of drug-likeness (QED) is 0.168. The first-order valence-corrected chi connectivity index (χ1v) is 15.5. The minimum absolute atomic E-state index is 0.161. The molecule has 0 spiro atoms. The molecule has 0 aliphatic carbocycles. The van der Waals surface area contributed by atoms with Gasteiger partial charge in [0.25, 0.3) is 0 Å². The number of benzene rings is 3. The largest absolute Gasteiger partial charge is 0.399 e. The number of rotatable bonds is 14. The predicted octanol–water partition coefficient (Wildman–Crippen LogP) is 4.08. The number of alkyl halides is 2. The first kappa shape index (κ1) is 30.6. The smallest absolute Gasteiger partial charge is 0.355 e. The van der Waals surface area contributed by atoms with E-state index in [0.29, 0.717) is 24.1 Å². The second-order valence-electron chi connectivity index (χ2n) is 9.14. The van der Waals surface area contributed by atoms with Gasteiger partial charge in [0.15, 0.2) is 0 Å². The molecule has 0 saturated carbocycles. The van der Waals surface area contributed by atoms with Gasteiger partial charge in [-0.3, -0.25) is 9.36 Å². The summed E-state index contributed by atoms with van der Waals surface area (Å²) in [6.07, 6.45) is 2.14. The molecule has 3 rings (SSSR count). The number of sulfonamides is 1. The summed E-state index contributed by atoms with van der Waals surface area (Å²) in [5.74, 6) is -0.932. The number of amides is 1. The van der Waals surface area contributed by atoms with Gasteiger partial charge in [-0.05, 0) is 42.4 Å². The van der Waals surface area contributed by atoms with Crippen molar-refractivity contribution >= 4 is 23.5 Å². The van der Waals surface area contributed by atoms with E-state index < -0.39 is 40.8 Å². The van der Waals surface area contributed by atoms with E-state index in [-0.39, 0.29) is 12.2 Å². The summed E-state index contributed by atoms with van der Waals surface area (Å²) < 4.78 is 67.3. The number of hydrogen-bond acceptors (Lipinski definition) is 4. The maximum atomic E-state index is 14.0. The normalized spacial score (nSPS) is 13.1. The summed E-state index contributed by atoms with van der Waals surface area (Å²) >= 11 is 0. The lowest BCUT2D eigenvalue weighted by Gasteiger charge is -2.20. The van der Waals surface area contributed by atoms with Crippen molar-refractivity contribution in [2.24, 2.45) is 0 Å². The highest BCUT2D eigenvalue weighted by Crippen LogP contribution is 2.59. The molecule has 0 fully saturated rings. The van der Waals surface area contributed by atoms with Crippen LogP contribution in [-0.4, -0.2) is 36.7 Å². The van der Waals surface area contributed by atoms with Crippen LogP contribution in [0.1, 0.15) is 35.1 Å². The highest BCUT2D eigenvalue weighted by molar-refractivity contribution is 7.88. The van der Waals surface area contributed by atoms with Crippen LogP contribution in [0.4, 0.5) is 8.78 Å². The van der Waals surface area contributed by atoms with Crippen LogP contribution in [0.25, 0.3) is 0 Å². The predicted molar refractivity (Wildman–Crippen MR) is 144 cm³/mol. The molecule has 0 aliphatic rings. The molecule has 0 radical (unpaired) electrons. The highest BCUT2D eigenvalue weighted by atomic mass is 32.2. The van der Waals surface area contributed by atoms with Crippen LogP contribution >= 0.6 is 7.60 Å². The van der Waals surface area contributed by atoms with Crippen molar-refractivity contribution in [1.29, 1.82) is 0 Å². The van der Waals surface area contributed by atoms with E-state index in [1.807, 2.05) is 30.3 Å². The van der Waals surface area contributed by atoms with Crippen LogP contribution in [0.2, 0.25) is 0 Å². The minimum Gasteiger partial charge on any atom is -0.355 e. The Bertz CT molecular complexity index is 1370.